The average molecular weight is 621 g/mol. The zero-order chi connectivity index (χ0) is 30.8. The Hall–Kier alpha value is -5.18. The van der Waals surface area contributed by atoms with Gasteiger partial charge in [-0.05, 0) is 71.8 Å². The lowest BCUT2D eigenvalue weighted by molar-refractivity contribution is 0.0975. The van der Waals surface area contributed by atoms with Crippen LogP contribution in [0.2, 0.25) is 0 Å². The minimum absolute atomic E-state index is 0.117. The molecule has 0 bridgehead atoms. The molecule has 0 saturated carbocycles. The molecule has 3 aliphatic rings. The number of aromatic nitrogens is 2. The number of carbonyl (C=O) groups is 4. The van der Waals surface area contributed by atoms with Crippen molar-refractivity contribution < 1.29 is 19.2 Å². The van der Waals surface area contributed by atoms with Crippen LogP contribution in [0.1, 0.15) is 76.7 Å². The molecule has 6 aromatic rings. The van der Waals surface area contributed by atoms with Crippen molar-refractivity contribution in [2.75, 3.05) is 0 Å². The molecule has 0 spiro atoms. The number of allylic oxidation sites excluding steroid dienone is 2. The summed E-state index contributed by atoms with van der Waals surface area (Å²) in [5.41, 5.74) is 3.04. The van der Waals surface area contributed by atoms with Gasteiger partial charge in [-0.25, -0.2) is 9.97 Å². The first-order valence-electron chi connectivity index (χ1n) is 14.4. The maximum Gasteiger partial charge on any atom is 0.197 e. The van der Waals surface area contributed by atoms with Crippen LogP contribution in [-0.4, -0.2) is 33.1 Å². The number of Topliss-reactive ketones (excluding diaryl/α,β-unsaturated/α-hetero) is 4. The summed E-state index contributed by atoms with van der Waals surface area (Å²) in [6.07, 6.45) is 3.21. The van der Waals surface area contributed by atoms with Crippen LogP contribution in [0.15, 0.2) is 83.9 Å². The predicted octanol–water partition coefficient (Wildman–Crippen LogP) is 8.14. The van der Waals surface area contributed by atoms with Crippen LogP contribution >= 0.6 is 22.7 Å². The molecule has 0 radical (unpaired) electrons. The number of nitrogens with zero attached hydrogens (tertiary/aromatic N) is 2. The summed E-state index contributed by atoms with van der Waals surface area (Å²) < 4.78 is 0. The first kappa shape index (κ1) is 26.2. The third kappa shape index (κ3) is 3.61. The number of hydrogen-bond donors (Lipinski definition) is 0. The molecule has 8 heteroatoms. The zero-order valence-corrected chi connectivity index (χ0v) is 25.6. The molecule has 3 aliphatic carbocycles. The molecule has 2 heterocycles. The topological polar surface area (TPSA) is 94.1 Å². The van der Waals surface area contributed by atoms with E-state index in [4.69, 9.17) is 9.97 Å². The van der Waals surface area contributed by atoms with Crippen molar-refractivity contribution in [3.05, 3.63) is 128 Å². The number of carbonyl (C=O) groups excluding carboxylic acids is 4. The fourth-order valence-electron chi connectivity index (χ4n) is 6.59. The molecule has 0 saturated heterocycles. The van der Waals surface area contributed by atoms with Gasteiger partial charge in [-0.2, -0.15) is 0 Å². The third-order valence-electron chi connectivity index (χ3n) is 8.94. The first-order valence-corrected chi connectivity index (χ1v) is 16.0. The van der Waals surface area contributed by atoms with Crippen LogP contribution in [0.5, 0.6) is 0 Å². The Balaban J connectivity index is 1.08. The van der Waals surface area contributed by atoms with Crippen molar-refractivity contribution in [3.8, 4) is 9.75 Å². The van der Waals surface area contributed by atoms with Crippen LogP contribution in [0.4, 0.5) is 0 Å². The van der Waals surface area contributed by atoms with Gasteiger partial charge < -0.3 is 0 Å². The fourth-order valence-corrected chi connectivity index (χ4v) is 9.06. The SMILES string of the molecule is CC1(C)c2nc(C=C3C(=O)c4cc5ccccc5cc4C3=O)sc2-c2sc(C=C3C(=O)c4cc5ccccc5cc4C3=O)nc21. The second-order valence-electron chi connectivity index (χ2n) is 12.0. The highest BCUT2D eigenvalue weighted by molar-refractivity contribution is 7.23. The summed E-state index contributed by atoms with van der Waals surface area (Å²) in [7, 11) is 0. The molecule has 0 fully saturated rings. The van der Waals surface area contributed by atoms with Crippen LogP contribution in [0.3, 0.4) is 0 Å². The summed E-state index contributed by atoms with van der Waals surface area (Å²) >= 11 is 2.82. The molecule has 2 aromatic heterocycles. The second kappa shape index (κ2) is 8.94. The van der Waals surface area contributed by atoms with E-state index >= 15 is 0 Å². The van der Waals surface area contributed by atoms with Gasteiger partial charge in [-0.15, -0.1) is 22.7 Å². The molecule has 0 N–H and O–H groups in total. The van der Waals surface area contributed by atoms with E-state index in [2.05, 4.69) is 0 Å². The van der Waals surface area contributed by atoms with E-state index in [1.54, 1.807) is 36.4 Å². The second-order valence-corrected chi connectivity index (χ2v) is 14.1. The molecule has 45 heavy (non-hydrogen) atoms. The highest BCUT2D eigenvalue weighted by Crippen LogP contribution is 2.53. The van der Waals surface area contributed by atoms with Crippen molar-refractivity contribution in [1.82, 2.24) is 9.97 Å². The van der Waals surface area contributed by atoms with E-state index in [0.29, 0.717) is 32.3 Å². The van der Waals surface area contributed by atoms with Crippen molar-refractivity contribution in [3.63, 3.8) is 0 Å². The number of rotatable bonds is 2. The number of ketones is 4. The molecule has 4 aromatic carbocycles. The Bertz CT molecular complexity index is 2210. The van der Waals surface area contributed by atoms with Crippen molar-refractivity contribution >= 4 is 79.5 Å². The standard InChI is InChI=1S/C37H20N2O4S2/c1-37(2)35-33(44-27(38-35)15-25-29(40)21-11-17-7-3-4-8-18(17)12-22(21)30(25)41)34-36(37)39-28(45-34)16-26-31(42)23-13-19-9-5-6-10-20(19)14-24(23)32(26)43/h3-16H,1-2H3. The third-order valence-corrected chi connectivity index (χ3v) is 11.1. The Morgan fingerprint density at radius 1 is 0.533 bits per heavy atom. The van der Waals surface area contributed by atoms with Gasteiger partial charge in [0.2, 0.25) is 0 Å². The Morgan fingerprint density at radius 2 is 0.844 bits per heavy atom. The van der Waals surface area contributed by atoms with Crippen LogP contribution in [0, 0.1) is 0 Å². The lowest BCUT2D eigenvalue weighted by atomic mass is 9.90. The summed E-state index contributed by atoms with van der Waals surface area (Å²) in [6, 6.07) is 22.5. The van der Waals surface area contributed by atoms with Gasteiger partial charge in [0.25, 0.3) is 0 Å². The minimum Gasteiger partial charge on any atom is -0.288 e. The van der Waals surface area contributed by atoms with Crippen molar-refractivity contribution in [2.45, 2.75) is 19.3 Å². The Kier molecular flexibility index (Phi) is 5.21. The lowest BCUT2D eigenvalue weighted by Gasteiger charge is -2.16. The fraction of sp³-hybridized carbons (Fsp3) is 0.0811. The van der Waals surface area contributed by atoms with E-state index in [1.165, 1.54) is 22.7 Å². The molecular formula is C37H20N2O4S2. The van der Waals surface area contributed by atoms with Gasteiger partial charge in [0.1, 0.15) is 10.0 Å². The lowest BCUT2D eigenvalue weighted by Crippen LogP contribution is -2.17. The summed E-state index contributed by atoms with van der Waals surface area (Å²) in [6.45, 7) is 4.07. The molecule has 214 valence electrons. The monoisotopic (exact) mass is 620 g/mol. The number of fused-ring (bicyclic) bond motifs is 7. The summed E-state index contributed by atoms with van der Waals surface area (Å²) in [5, 5.41) is 4.80. The Morgan fingerprint density at radius 3 is 1.16 bits per heavy atom. The minimum atomic E-state index is -0.542. The summed E-state index contributed by atoms with van der Waals surface area (Å²) in [5.74, 6) is -1.16. The van der Waals surface area contributed by atoms with E-state index in [1.807, 2.05) is 62.4 Å². The normalized spacial score (nSPS) is 16.0. The number of hydrogen-bond acceptors (Lipinski definition) is 8. The predicted molar refractivity (Wildman–Crippen MR) is 177 cm³/mol. The van der Waals surface area contributed by atoms with Crippen molar-refractivity contribution in [2.24, 2.45) is 0 Å². The largest absolute Gasteiger partial charge is 0.288 e. The highest BCUT2D eigenvalue weighted by Gasteiger charge is 2.43. The molecule has 0 atom stereocenters. The quantitative estimate of drug-likeness (QED) is 0.143. The van der Waals surface area contributed by atoms with E-state index < -0.39 is 5.41 Å². The smallest absolute Gasteiger partial charge is 0.197 e. The first-order chi connectivity index (χ1) is 21.7. The van der Waals surface area contributed by atoms with Gasteiger partial charge in [0.15, 0.2) is 23.1 Å². The maximum atomic E-state index is 13.3. The van der Waals surface area contributed by atoms with Gasteiger partial charge in [0, 0.05) is 22.3 Å². The van der Waals surface area contributed by atoms with Gasteiger partial charge in [-0.1, -0.05) is 48.5 Å². The molecular weight excluding hydrogens is 601 g/mol. The molecule has 0 amide bonds. The molecule has 0 aliphatic heterocycles. The van der Waals surface area contributed by atoms with E-state index in [-0.39, 0.29) is 34.3 Å². The Labute approximate surface area is 264 Å². The molecule has 0 unspecified atom stereocenters. The summed E-state index contributed by atoms with van der Waals surface area (Å²) in [4.78, 5) is 65.0. The van der Waals surface area contributed by atoms with Gasteiger partial charge in [0.05, 0.1) is 37.7 Å². The van der Waals surface area contributed by atoms with Crippen LogP contribution in [0.25, 0.3) is 43.5 Å². The van der Waals surface area contributed by atoms with Crippen molar-refractivity contribution in [1.29, 1.82) is 0 Å². The zero-order valence-electron chi connectivity index (χ0n) is 23.9. The average Bonchev–Trinajstić information content (AvgIpc) is 3.80. The highest BCUT2D eigenvalue weighted by atomic mass is 32.1. The number of benzene rings is 4. The molecule has 9 rings (SSSR count). The van der Waals surface area contributed by atoms with E-state index in [0.717, 1.165) is 42.7 Å². The van der Waals surface area contributed by atoms with Crippen LogP contribution in [-0.2, 0) is 5.41 Å². The van der Waals surface area contributed by atoms with E-state index in [9.17, 15) is 19.2 Å². The van der Waals surface area contributed by atoms with Crippen LogP contribution < -0.4 is 0 Å². The maximum absolute atomic E-state index is 13.3. The van der Waals surface area contributed by atoms with Gasteiger partial charge in [-0.3, -0.25) is 19.2 Å². The number of thiazole rings is 2. The molecule has 6 nitrogen and oxygen atoms in total. The van der Waals surface area contributed by atoms with Gasteiger partial charge >= 0.3 is 0 Å².